The van der Waals surface area contributed by atoms with Crippen LogP contribution < -0.4 is 4.80 Å². The lowest BCUT2D eigenvalue weighted by Crippen LogP contribution is -2.22. The van der Waals surface area contributed by atoms with Crippen molar-refractivity contribution >= 4 is 39.1 Å². The number of methoxy groups -OCH3 is 1. The Morgan fingerprint density at radius 1 is 1.21 bits per heavy atom. The zero-order valence-electron chi connectivity index (χ0n) is 16.2. The van der Waals surface area contributed by atoms with E-state index in [-0.39, 0.29) is 24.6 Å². The lowest BCUT2D eigenvalue weighted by atomic mass is 10.0. The van der Waals surface area contributed by atoms with E-state index in [1.54, 1.807) is 6.07 Å². The van der Waals surface area contributed by atoms with Gasteiger partial charge in [-0.1, -0.05) is 35.1 Å². The van der Waals surface area contributed by atoms with Gasteiger partial charge in [-0.25, -0.2) is 0 Å². The minimum atomic E-state index is -0.542. The normalized spacial score (nSPS) is 11.6. The first-order valence-electron chi connectivity index (χ1n) is 8.77. The molecule has 0 unspecified atom stereocenters. The number of rotatable bonds is 5. The number of benzene rings is 2. The van der Waals surface area contributed by atoms with Gasteiger partial charge < -0.3 is 9.30 Å². The van der Waals surface area contributed by atoms with Crippen molar-refractivity contribution in [2.24, 2.45) is 4.99 Å². The number of esters is 1. The van der Waals surface area contributed by atoms with E-state index in [1.165, 1.54) is 35.1 Å². The van der Waals surface area contributed by atoms with Gasteiger partial charge in [-0.15, -0.1) is 0 Å². The number of nitro groups is 1. The Labute approximate surface area is 170 Å². The van der Waals surface area contributed by atoms with Crippen LogP contribution >= 0.6 is 11.3 Å². The zero-order valence-corrected chi connectivity index (χ0v) is 17.0. The number of ether oxygens (including phenoxy) is 1. The largest absolute Gasteiger partial charge is 0.468 e. The van der Waals surface area contributed by atoms with Gasteiger partial charge in [0, 0.05) is 12.1 Å². The number of hydrogen-bond acceptors (Lipinski definition) is 6. The number of hydrogen-bond donors (Lipinski definition) is 0. The summed E-state index contributed by atoms with van der Waals surface area (Å²) in [6, 6.07) is 10.2. The van der Waals surface area contributed by atoms with Crippen LogP contribution in [0.15, 0.2) is 41.4 Å². The van der Waals surface area contributed by atoms with E-state index in [4.69, 9.17) is 4.74 Å². The summed E-state index contributed by atoms with van der Waals surface area (Å²) >= 11 is 1.19. The summed E-state index contributed by atoms with van der Waals surface area (Å²) in [5, 5.41) is 11.1. The van der Waals surface area contributed by atoms with Gasteiger partial charge >= 0.3 is 5.97 Å². The molecule has 3 aromatic rings. The monoisotopic (exact) mass is 413 g/mol. The van der Waals surface area contributed by atoms with Crippen LogP contribution in [0.4, 0.5) is 5.69 Å². The van der Waals surface area contributed by atoms with Crippen LogP contribution in [0.3, 0.4) is 0 Å². The lowest BCUT2D eigenvalue weighted by molar-refractivity contribution is -0.384. The molecule has 29 heavy (non-hydrogen) atoms. The number of thiazole rings is 1. The highest BCUT2D eigenvalue weighted by Gasteiger charge is 2.15. The molecule has 0 bridgehead atoms. The lowest BCUT2D eigenvalue weighted by Gasteiger charge is -2.05. The number of non-ortho nitro benzene ring substituents is 1. The van der Waals surface area contributed by atoms with Crippen molar-refractivity contribution < 1.29 is 19.2 Å². The summed E-state index contributed by atoms with van der Waals surface area (Å²) in [5.74, 6) is -0.906. The summed E-state index contributed by atoms with van der Waals surface area (Å²) in [6.07, 6.45) is 0.124. The number of carbonyl (C=O) groups excluding carboxylic acids is 2. The fraction of sp³-hybridized carbons (Fsp3) is 0.250. The highest BCUT2D eigenvalue weighted by atomic mass is 32.1. The predicted molar refractivity (Wildman–Crippen MR) is 109 cm³/mol. The Kier molecular flexibility index (Phi) is 5.88. The molecule has 9 heteroatoms. The fourth-order valence-corrected chi connectivity index (χ4v) is 3.98. The zero-order chi connectivity index (χ0) is 21.1. The van der Waals surface area contributed by atoms with Crippen molar-refractivity contribution in [1.29, 1.82) is 0 Å². The first-order valence-corrected chi connectivity index (χ1v) is 9.58. The fourth-order valence-electron chi connectivity index (χ4n) is 2.96. The maximum atomic E-state index is 12.6. The predicted octanol–water partition coefficient (Wildman–Crippen LogP) is 3.07. The molecule has 3 rings (SSSR count). The van der Waals surface area contributed by atoms with Gasteiger partial charge in [-0.05, 0) is 31.0 Å². The van der Waals surface area contributed by atoms with Crippen molar-refractivity contribution in [3.8, 4) is 0 Å². The molecule has 0 aliphatic heterocycles. The average molecular weight is 413 g/mol. The van der Waals surface area contributed by atoms with Crippen molar-refractivity contribution in [3.05, 3.63) is 68.0 Å². The molecule has 0 radical (unpaired) electrons. The van der Waals surface area contributed by atoms with Crippen LogP contribution in [0, 0.1) is 24.0 Å². The maximum Gasteiger partial charge on any atom is 0.325 e. The quantitative estimate of drug-likeness (QED) is 0.363. The van der Waals surface area contributed by atoms with Crippen LogP contribution in [-0.2, 0) is 27.3 Å². The van der Waals surface area contributed by atoms with Gasteiger partial charge in [0.1, 0.15) is 6.54 Å². The number of carbonyl (C=O) groups is 2. The van der Waals surface area contributed by atoms with Crippen molar-refractivity contribution in [2.45, 2.75) is 26.8 Å². The molecule has 0 atom stereocenters. The van der Waals surface area contributed by atoms with Crippen LogP contribution in [0.25, 0.3) is 10.2 Å². The molecule has 150 valence electrons. The average Bonchev–Trinajstić information content (AvgIpc) is 3.00. The van der Waals surface area contributed by atoms with E-state index >= 15 is 0 Å². The van der Waals surface area contributed by atoms with Gasteiger partial charge in [0.25, 0.3) is 11.6 Å². The molecule has 8 nitrogen and oxygen atoms in total. The maximum absolute atomic E-state index is 12.6. The molecule has 0 saturated carbocycles. The molecule has 0 N–H and O–H groups in total. The molecule has 1 aromatic heterocycles. The van der Waals surface area contributed by atoms with Crippen LogP contribution in [0.5, 0.6) is 0 Å². The molecule has 0 saturated heterocycles. The van der Waals surface area contributed by atoms with Crippen molar-refractivity contribution in [1.82, 2.24) is 4.57 Å². The smallest absolute Gasteiger partial charge is 0.325 e. The molecule has 1 heterocycles. The third kappa shape index (κ3) is 4.57. The van der Waals surface area contributed by atoms with Gasteiger partial charge in [-0.2, -0.15) is 4.99 Å². The number of nitro benzene ring substituents is 1. The standard InChI is InChI=1S/C20H19N3O5S/c1-12-4-5-14(13(2)8-12)9-18(24)21-20-22(11-19(25)28-3)16-10-15(23(26)27)6-7-17(16)29-20/h4-8,10H,9,11H2,1-3H3. The number of aromatic nitrogens is 1. The van der Waals surface area contributed by atoms with E-state index in [0.717, 1.165) is 16.7 Å². The summed E-state index contributed by atoms with van der Waals surface area (Å²) < 4.78 is 6.87. The van der Waals surface area contributed by atoms with Gasteiger partial charge in [0.05, 0.1) is 28.7 Å². The molecule has 0 fully saturated rings. The van der Waals surface area contributed by atoms with Crippen LogP contribution in [-0.4, -0.2) is 28.5 Å². The summed E-state index contributed by atoms with van der Waals surface area (Å²) in [7, 11) is 1.25. The molecule has 1 amide bonds. The second-order valence-corrected chi connectivity index (χ2v) is 7.58. The Morgan fingerprint density at radius 3 is 2.62 bits per heavy atom. The Hall–Kier alpha value is -3.33. The molecular formula is C20H19N3O5S. The number of aryl methyl sites for hydroxylation is 2. The summed E-state index contributed by atoms with van der Waals surface area (Å²) in [4.78, 5) is 39.5. The van der Waals surface area contributed by atoms with Crippen molar-refractivity contribution in [2.75, 3.05) is 7.11 Å². The number of nitrogens with zero attached hydrogens (tertiary/aromatic N) is 3. The third-order valence-corrected chi connectivity index (χ3v) is 5.51. The highest BCUT2D eigenvalue weighted by Crippen LogP contribution is 2.23. The second kappa shape index (κ2) is 8.36. The van der Waals surface area contributed by atoms with Gasteiger partial charge in [-0.3, -0.25) is 19.7 Å². The molecular weight excluding hydrogens is 394 g/mol. The Balaban J connectivity index is 2.06. The topological polar surface area (TPSA) is 104 Å². The van der Waals surface area contributed by atoms with Crippen LogP contribution in [0.2, 0.25) is 0 Å². The first-order chi connectivity index (χ1) is 13.8. The van der Waals surface area contributed by atoms with E-state index in [0.29, 0.717) is 15.0 Å². The molecule has 2 aromatic carbocycles. The second-order valence-electron chi connectivity index (χ2n) is 6.57. The Morgan fingerprint density at radius 2 is 1.97 bits per heavy atom. The minimum absolute atomic E-state index is 0.109. The third-order valence-electron chi connectivity index (χ3n) is 4.45. The SMILES string of the molecule is COC(=O)Cn1c(=NC(=O)Cc2ccc(C)cc2C)sc2ccc([N+](=O)[O-])cc21. The highest BCUT2D eigenvalue weighted by molar-refractivity contribution is 7.16. The van der Waals surface area contributed by atoms with Crippen molar-refractivity contribution in [3.63, 3.8) is 0 Å². The molecule has 0 aliphatic carbocycles. The van der Waals surface area contributed by atoms with E-state index in [1.807, 2.05) is 32.0 Å². The molecule has 0 aliphatic rings. The van der Waals surface area contributed by atoms with Crippen LogP contribution in [0.1, 0.15) is 16.7 Å². The summed E-state index contributed by atoms with van der Waals surface area (Å²) in [6.45, 7) is 3.72. The summed E-state index contributed by atoms with van der Waals surface area (Å²) in [5.41, 5.74) is 3.33. The Bertz CT molecular complexity index is 1190. The molecule has 0 spiro atoms. The number of fused-ring (bicyclic) bond motifs is 1. The van der Waals surface area contributed by atoms with Gasteiger partial charge in [0.15, 0.2) is 4.80 Å². The number of amides is 1. The van der Waals surface area contributed by atoms with Gasteiger partial charge in [0.2, 0.25) is 0 Å². The first kappa shape index (κ1) is 20.4. The van der Waals surface area contributed by atoms with E-state index < -0.39 is 10.9 Å². The minimum Gasteiger partial charge on any atom is -0.468 e. The van der Waals surface area contributed by atoms with E-state index in [2.05, 4.69) is 4.99 Å². The van der Waals surface area contributed by atoms with E-state index in [9.17, 15) is 19.7 Å².